The van der Waals surface area contributed by atoms with Crippen molar-refractivity contribution in [2.75, 3.05) is 14.1 Å². The van der Waals surface area contributed by atoms with Gasteiger partial charge in [-0.25, -0.2) is 0 Å². The Morgan fingerprint density at radius 1 is 1.05 bits per heavy atom. The van der Waals surface area contributed by atoms with E-state index >= 15 is 0 Å². The fourth-order valence-electron chi connectivity index (χ4n) is 6.88. The molecule has 1 aromatic carbocycles. The number of nitrogens with zero attached hydrogens (tertiary/aromatic N) is 1. The lowest BCUT2D eigenvalue weighted by Gasteiger charge is -2.53. The van der Waals surface area contributed by atoms with Gasteiger partial charge in [-0.1, -0.05) is 57.6 Å². The zero-order chi connectivity index (χ0) is 28.8. The number of benzene rings is 1. The Hall–Kier alpha value is -3.21. The lowest BCUT2D eigenvalue weighted by atomic mass is 9.54. The number of Topliss-reactive ketones (excluding diaryl/α,β-unsaturated/α-hetero) is 2. The molecule has 0 aliphatic heterocycles. The summed E-state index contributed by atoms with van der Waals surface area (Å²) in [6.07, 6.45) is 4.91. The van der Waals surface area contributed by atoms with Gasteiger partial charge in [0.2, 0.25) is 5.78 Å². The van der Waals surface area contributed by atoms with E-state index < -0.39 is 70.1 Å². The maximum atomic E-state index is 13.8. The largest absolute Gasteiger partial charge is 0.510 e. The topological polar surface area (TPSA) is 182 Å². The third-order valence-corrected chi connectivity index (χ3v) is 8.67. The van der Waals surface area contributed by atoms with Crippen LogP contribution in [-0.4, -0.2) is 79.7 Å². The van der Waals surface area contributed by atoms with Gasteiger partial charge in [-0.15, -0.1) is 0 Å². The molecule has 6 atom stereocenters. The molecule has 212 valence electrons. The summed E-state index contributed by atoms with van der Waals surface area (Å²) < 4.78 is 0. The van der Waals surface area contributed by atoms with Crippen LogP contribution in [0.2, 0.25) is 0 Å². The number of primary amides is 1. The number of carbonyl (C=O) groups is 3. The molecule has 2 unspecified atom stereocenters. The number of phenolic OH excluding ortho intramolecular Hbond substituents is 1. The number of amides is 1. The molecule has 10 heteroatoms. The zero-order valence-electron chi connectivity index (χ0n) is 22.6. The van der Waals surface area contributed by atoms with E-state index in [1.54, 1.807) is 12.1 Å². The first-order chi connectivity index (χ1) is 18.4. The van der Waals surface area contributed by atoms with Crippen LogP contribution >= 0.6 is 0 Å². The minimum Gasteiger partial charge on any atom is -0.510 e. The summed E-state index contributed by atoms with van der Waals surface area (Å²) in [5, 5.41) is 56.8. The van der Waals surface area contributed by atoms with Crippen LogP contribution in [0.1, 0.15) is 73.7 Å². The van der Waals surface area contributed by atoms with Gasteiger partial charge in [0.15, 0.2) is 11.4 Å². The summed E-state index contributed by atoms with van der Waals surface area (Å²) >= 11 is 0. The van der Waals surface area contributed by atoms with Crippen LogP contribution in [0.4, 0.5) is 0 Å². The Balaban J connectivity index is 1.90. The highest BCUT2D eigenvalue weighted by Gasteiger charge is 2.67. The van der Waals surface area contributed by atoms with Crippen LogP contribution < -0.4 is 5.73 Å². The summed E-state index contributed by atoms with van der Waals surface area (Å²) in [6.45, 7) is 2.13. The first kappa shape index (κ1) is 28.8. The van der Waals surface area contributed by atoms with Gasteiger partial charge in [-0.3, -0.25) is 19.3 Å². The number of aromatic hydroxyl groups is 1. The van der Waals surface area contributed by atoms with Gasteiger partial charge >= 0.3 is 0 Å². The van der Waals surface area contributed by atoms with Crippen LogP contribution in [0.15, 0.2) is 40.9 Å². The third kappa shape index (κ3) is 4.34. The molecule has 0 saturated carbocycles. The number of hydrogen-bond donors (Lipinski definition) is 6. The predicted octanol–water partition coefficient (Wildman–Crippen LogP) is 2.38. The standard InChI is InChI=1S/C29H38N2O8/c1-4-5-6-7-8-9-11-15-14-12-10-13-16(32)17(14)23(33)19-18(15)24(34)21-22(31(2)3)25(35)20(28(30)38)27(37)29(21,39)26(19)36/h10,12-13,15,18,21-22,24,32,34-36,39H,4-9,11H2,1-3H3,(H2,30,38)/t15-,18+,21+,22+,24?,29?/m0/s1. The number of likely N-dealkylation sites (N-methyl/N-ethyl adjacent to an activating group) is 1. The zero-order valence-corrected chi connectivity index (χ0v) is 22.6. The first-order valence-corrected chi connectivity index (χ1v) is 13.6. The molecule has 3 aliphatic carbocycles. The fourth-order valence-corrected chi connectivity index (χ4v) is 6.88. The summed E-state index contributed by atoms with van der Waals surface area (Å²) in [5.74, 6) is -8.62. The molecule has 0 saturated heterocycles. The van der Waals surface area contributed by atoms with Crippen LogP contribution in [0.25, 0.3) is 0 Å². The molecule has 10 nitrogen and oxygen atoms in total. The average Bonchev–Trinajstić information content (AvgIpc) is 2.87. The number of aliphatic hydroxyl groups is 4. The van der Waals surface area contributed by atoms with Crippen molar-refractivity contribution >= 4 is 17.5 Å². The minimum absolute atomic E-state index is 0.0542. The van der Waals surface area contributed by atoms with E-state index in [4.69, 9.17) is 5.73 Å². The monoisotopic (exact) mass is 542 g/mol. The highest BCUT2D eigenvalue weighted by Crippen LogP contribution is 2.56. The molecule has 39 heavy (non-hydrogen) atoms. The SMILES string of the molecule is CCCCCCCC[C@H]1c2cccc(O)c2C(=O)C2=C(O)C3(O)C(=O)C(C(N)=O)=C(O)[C@H](N(C)C)[C@@H]3C(O)[C@@H]21. The molecule has 0 aromatic heterocycles. The lowest BCUT2D eigenvalue weighted by molar-refractivity contribution is -0.162. The molecule has 1 amide bonds. The van der Waals surface area contributed by atoms with Crippen LogP contribution in [0, 0.1) is 11.8 Å². The number of carbonyl (C=O) groups excluding carboxylic acids is 3. The van der Waals surface area contributed by atoms with Crippen molar-refractivity contribution in [1.82, 2.24) is 4.90 Å². The van der Waals surface area contributed by atoms with Crippen molar-refractivity contribution in [2.24, 2.45) is 17.6 Å². The highest BCUT2D eigenvalue weighted by molar-refractivity contribution is 6.25. The van der Waals surface area contributed by atoms with Gasteiger partial charge in [-0.05, 0) is 38.1 Å². The molecule has 0 spiro atoms. The molecule has 0 radical (unpaired) electrons. The van der Waals surface area contributed by atoms with Crippen molar-refractivity contribution < 1.29 is 39.9 Å². The van der Waals surface area contributed by atoms with E-state index in [-0.39, 0.29) is 16.9 Å². The lowest BCUT2D eigenvalue weighted by Crippen LogP contribution is -2.68. The number of aliphatic hydroxyl groups excluding tert-OH is 3. The summed E-state index contributed by atoms with van der Waals surface area (Å²) in [6, 6.07) is 3.38. The van der Waals surface area contributed by atoms with Crippen molar-refractivity contribution in [2.45, 2.75) is 75.5 Å². The van der Waals surface area contributed by atoms with E-state index in [0.29, 0.717) is 12.0 Å². The molecule has 7 N–H and O–H groups in total. The minimum atomic E-state index is -2.90. The number of ketones is 2. The van der Waals surface area contributed by atoms with E-state index in [1.807, 2.05) is 0 Å². The average molecular weight is 543 g/mol. The van der Waals surface area contributed by atoms with Gasteiger partial charge in [-0.2, -0.15) is 0 Å². The van der Waals surface area contributed by atoms with E-state index in [0.717, 1.165) is 38.5 Å². The maximum absolute atomic E-state index is 13.8. The van der Waals surface area contributed by atoms with Gasteiger partial charge in [0.05, 0.1) is 23.6 Å². The van der Waals surface area contributed by atoms with Crippen molar-refractivity contribution in [3.63, 3.8) is 0 Å². The second kappa shape index (κ2) is 10.7. The second-order valence-electron chi connectivity index (χ2n) is 11.2. The fraction of sp³-hybridized carbons (Fsp3) is 0.552. The number of fused-ring (bicyclic) bond motifs is 3. The predicted molar refractivity (Wildman–Crippen MR) is 142 cm³/mol. The Bertz CT molecular complexity index is 1250. The molecule has 4 rings (SSSR count). The number of rotatable bonds is 9. The first-order valence-electron chi connectivity index (χ1n) is 13.6. The normalized spacial score (nSPS) is 30.4. The van der Waals surface area contributed by atoms with Crippen molar-refractivity contribution in [3.05, 3.63) is 52.0 Å². The van der Waals surface area contributed by atoms with Crippen LogP contribution in [-0.2, 0) is 9.59 Å². The van der Waals surface area contributed by atoms with Gasteiger partial charge in [0.25, 0.3) is 5.91 Å². The smallest absolute Gasteiger partial charge is 0.255 e. The Morgan fingerprint density at radius 2 is 1.69 bits per heavy atom. The molecule has 1 aromatic rings. The second-order valence-corrected chi connectivity index (χ2v) is 11.2. The Labute approximate surface area is 227 Å². The van der Waals surface area contributed by atoms with E-state index in [2.05, 4.69) is 6.92 Å². The molecule has 0 bridgehead atoms. The van der Waals surface area contributed by atoms with Gasteiger partial charge in [0.1, 0.15) is 22.8 Å². The molecule has 3 aliphatic rings. The van der Waals surface area contributed by atoms with E-state index in [9.17, 15) is 39.9 Å². The van der Waals surface area contributed by atoms with Gasteiger partial charge < -0.3 is 31.3 Å². The summed E-state index contributed by atoms with van der Waals surface area (Å²) in [4.78, 5) is 40.8. The van der Waals surface area contributed by atoms with Crippen LogP contribution in [0.5, 0.6) is 5.75 Å². The maximum Gasteiger partial charge on any atom is 0.255 e. The molecule has 0 fully saturated rings. The van der Waals surface area contributed by atoms with Crippen molar-refractivity contribution in [1.29, 1.82) is 0 Å². The Morgan fingerprint density at radius 3 is 2.31 bits per heavy atom. The van der Waals surface area contributed by atoms with Crippen molar-refractivity contribution in [3.8, 4) is 5.75 Å². The summed E-state index contributed by atoms with van der Waals surface area (Å²) in [5.41, 5.74) is 1.65. The number of nitrogens with two attached hydrogens (primary N) is 1. The number of phenols is 1. The summed E-state index contributed by atoms with van der Waals surface area (Å²) in [7, 11) is 3.04. The molecular formula is C29H38N2O8. The number of hydrogen-bond acceptors (Lipinski definition) is 9. The third-order valence-electron chi connectivity index (χ3n) is 8.67. The highest BCUT2D eigenvalue weighted by atomic mass is 16.4. The molecular weight excluding hydrogens is 504 g/mol. The quantitative estimate of drug-likeness (QED) is 0.202. The van der Waals surface area contributed by atoms with Gasteiger partial charge in [0, 0.05) is 11.5 Å². The number of unbranched alkanes of at least 4 members (excludes halogenated alkanes) is 5. The molecule has 0 heterocycles. The van der Waals surface area contributed by atoms with E-state index in [1.165, 1.54) is 25.1 Å². The van der Waals surface area contributed by atoms with Crippen LogP contribution in [0.3, 0.4) is 0 Å². The Kier molecular flexibility index (Phi) is 7.93.